The van der Waals surface area contributed by atoms with Crippen molar-refractivity contribution >= 4 is 27.6 Å². The second-order valence-corrected chi connectivity index (χ2v) is 14.5. The van der Waals surface area contributed by atoms with Crippen molar-refractivity contribution < 1.29 is 22.7 Å². The summed E-state index contributed by atoms with van der Waals surface area (Å²) < 4.78 is 38.4. The molecular formula is C28H44N6O5S. The third-order valence-corrected chi connectivity index (χ3v) is 9.01. The fraction of sp³-hybridized carbons (Fsp3) is 0.786. The Balaban J connectivity index is 1.36. The van der Waals surface area contributed by atoms with E-state index in [1.807, 2.05) is 26.8 Å². The van der Waals surface area contributed by atoms with Crippen LogP contribution in [0.2, 0.25) is 0 Å². The number of nitrogens with zero attached hydrogens (tertiary/aromatic N) is 4. The Morgan fingerprint density at radius 3 is 2.33 bits per heavy atom. The Morgan fingerprint density at radius 2 is 1.77 bits per heavy atom. The largest absolute Gasteiger partial charge is 0.476 e. The molecule has 1 aromatic rings. The molecule has 2 heterocycles. The third-order valence-electron chi connectivity index (χ3n) is 8.43. The average molecular weight is 577 g/mol. The molecule has 2 N–H and O–H groups in total. The molecule has 11 nitrogen and oxygen atoms in total. The summed E-state index contributed by atoms with van der Waals surface area (Å²) in [4.78, 5) is 22.5. The maximum atomic E-state index is 12.3. The van der Waals surface area contributed by atoms with Crippen molar-refractivity contribution in [1.82, 2.24) is 14.9 Å². The summed E-state index contributed by atoms with van der Waals surface area (Å²) >= 11 is 0. The first-order valence-corrected chi connectivity index (χ1v) is 16.4. The van der Waals surface area contributed by atoms with Gasteiger partial charge in [0.2, 0.25) is 21.7 Å². The summed E-state index contributed by atoms with van der Waals surface area (Å²) in [6.45, 7) is 7.73. The molecule has 222 valence electrons. The molecule has 0 atom stereocenters. The van der Waals surface area contributed by atoms with Crippen LogP contribution in [0.3, 0.4) is 0 Å². The monoisotopic (exact) mass is 576 g/mol. The molecule has 3 aliphatic rings. The molecule has 2 aliphatic carbocycles. The van der Waals surface area contributed by atoms with Crippen molar-refractivity contribution in [2.75, 3.05) is 42.5 Å². The molecule has 1 amide bonds. The van der Waals surface area contributed by atoms with Crippen molar-refractivity contribution in [3.63, 3.8) is 0 Å². The number of hydrogen-bond acceptors (Lipinski definition) is 9. The quantitative estimate of drug-likeness (QED) is 0.418. The lowest BCUT2D eigenvalue weighted by Crippen LogP contribution is -2.41. The van der Waals surface area contributed by atoms with Gasteiger partial charge in [0, 0.05) is 19.6 Å². The van der Waals surface area contributed by atoms with Crippen LogP contribution >= 0.6 is 0 Å². The number of nitriles is 1. The molecule has 40 heavy (non-hydrogen) atoms. The van der Waals surface area contributed by atoms with Gasteiger partial charge >= 0.3 is 6.09 Å². The molecule has 0 aromatic carbocycles. The van der Waals surface area contributed by atoms with E-state index in [1.165, 1.54) is 32.1 Å². The zero-order valence-electron chi connectivity index (χ0n) is 24.3. The van der Waals surface area contributed by atoms with Crippen LogP contribution in [0.4, 0.5) is 16.3 Å². The zero-order chi connectivity index (χ0) is 29.0. The minimum Gasteiger partial charge on any atom is -0.476 e. The highest BCUT2D eigenvalue weighted by Crippen LogP contribution is 2.52. The highest BCUT2D eigenvalue weighted by molar-refractivity contribution is 7.92. The van der Waals surface area contributed by atoms with E-state index in [2.05, 4.69) is 20.0 Å². The lowest BCUT2D eigenvalue weighted by Gasteiger charge is -2.47. The Hall–Kier alpha value is -2.81. The summed E-state index contributed by atoms with van der Waals surface area (Å²) in [7, 11) is -3.65. The summed E-state index contributed by atoms with van der Waals surface area (Å²) in [5.41, 5.74) is 0.172. The fourth-order valence-electron chi connectivity index (χ4n) is 5.96. The topological polar surface area (TPSA) is 147 Å². The van der Waals surface area contributed by atoms with E-state index in [0.29, 0.717) is 49.9 Å². The van der Waals surface area contributed by atoms with Crippen molar-refractivity contribution in [3.05, 3.63) is 5.82 Å². The Bertz CT molecular complexity index is 1190. The van der Waals surface area contributed by atoms with E-state index in [1.54, 1.807) is 4.90 Å². The number of piperidine rings is 1. The van der Waals surface area contributed by atoms with Gasteiger partial charge in [-0.05, 0) is 95.8 Å². The van der Waals surface area contributed by atoms with Crippen molar-refractivity contribution in [2.45, 2.75) is 90.6 Å². The Kier molecular flexibility index (Phi) is 9.33. The van der Waals surface area contributed by atoms with Crippen LogP contribution in [0, 0.1) is 28.6 Å². The van der Waals surface area contributed by atoms with Crippen molar-refractivity contribution in [1.29, 1.82) is 5.26 Å². The number of aromatic nitrogens is 2. The van der Waals surface area contributed by atoms with Gasteiger partial charge in [-0.15, -0.1) is 0 Å². The molecule has 2 saturated carbocycles. The van der Waals surface area contributed by atoms with Crippen LogP contribution in [0.1, 0.15) is 90.8 Å². The van der Waals surface area contributed by atoms with Gasteiger partial charge < -0.3 is 19.7 Å². The SMILES string of the molecule is CC(C)(C)OC(=O)N1CCC(CCOc2nc(C#N)nc(NCC3CCC4(CCC4)CC3)c2NS(C)(=O)=O)CC1. The number of nitrogens with one attached hydrogen (secondary N) is 2. The molecule has 1 aromatic heterocycles. The van der Waals surface area contributed by atoms with Crippen molar-refractivity contribution in [3.8, 4) is 11.9 Å². The number of carbonyl (C=O) groups is 1. The molecule has 12 heteroatoms. The van der Waals surface area contributed by atoms with E-state index in [4.69, 9.17) is 9.47 Å². The number of carbonyl (C=O) groups excluding carboxylic acids is 1. The van der Waals surface area contributed by atoms with Gasteiger partial charge in [0.15, 0.2) is 11.5 Å². The number of hydrogen-bond donors (Lipinski definition) is 2. The summed E-state index contributed by atoms with van der Waals surface area (Å²) in [5.74, 6) is 1.03. The summed E-state index contributed by atoms with van der Waals surface area (Å²) in [6, 6.07) is 1.96. The normalized spacial score (nSPS) is 19.9. The highest BCUT2D eigenvalue weighted by Gasteiger charge is 2.40. The highest BCUT2D eigenvalue weighted by atomic mass is 32.2. The fourth-order valence-corrected chi connectivity index (χ4v) is 6.52. The van der Waals surface area contributed by atoms with Gasteiger partial charge in [0.25, 0.3) is 0 Å². The van der Waals surface area contributed by atoms with Crippen LogP contribution in [0.15, 0.2) is 0 Å². The second-order valence-electron chi connectivity index (χ2n) is 12.8. The van der Waals surface area contributed by atoms with E-state index >= 15 is 0 Å². The first-order chi connectivity index (χ1) is 18.8. The van der Waals surface area contributed by atoms with Gasteiger partial charge in [-0.3, -0.25) is 4.72 Å². The molecule has 0 radical (unpaired) electrons. The van der Waals surface area contributed by atoms with Crippen LogP contribution in [0.5, 0.6) is 5.88 Å². The average Bonchev–Trinajstić information content (AvgIpc) is 2.86. The predicted molar refractivity (Wildman–Crippen MR) is 153 cm³/mol. The number of amides is 1. The number of sulfonamides is 1. The Morgan fingerprint density at radius 1 is 1.10 bits per heavy atom. The number of likely N-dealkylation sites (tertiary alicyclic amines) is 1. The van der Waals surface area contributed by atoms with Crippen LogP contribution in [0.25, 0.3) is 0 Å². The summed E-state index contributed by atoms with van der Waals surface area (Å²) in [5, 5.41) is 12.8. The standard InChI is InChI=1S/C28H44N6O5S/c1-27(2,3)39-26(35)34-15-8-20(9-16-34)10-17-38-25-23(33-40(4,36)37)24(31-22(18-29)32-25)30-19-21-6-13-28(14-7-21)11-5-12-28/h20-21,33H,5-17,19H2,1-4H3,(H,30,31,32). The maximum absolute atomic E-state index is 12.3. The van der Waals surface area contributed by atoms with E-state index in [9.17, 15) is 18.5 Å². The lowest BCUT2D eigenvalue weighted by molar-refractivity contribution is 0.0177. The van der Waals surface area contributed by atoms with Crippen LogP contribution in [-0.2, 0) is 14.8 Å². The Labute approximate surface area is 238 Å². The van der Waals surface area contributed by atoms with Gasteiger partial charge in [0.1, 0.15) is 11.7 Å². The number of anilines is 2. The molecule has 4 rings (SSSR count). The number of rotatable bonds is 9. The molecule has 1 aliphatic heterocycles. The zero-order valence-corrected chi connectivity index (χ0v) is 25.1. The van der Waals surface area contributed by atoms with Gasteiger partial charge in [0.05, 0.1) is 12.9 Å². The molecule has 3 fully saturated rings. The van der Waals surface area contributed by atoms with E-state index < -0.39 is 15.6 Å². The summed E-state index contributed by atoms with van der Waals surface area (Å²) in [6.07, 6.45) is 11.9. The molecule has 0 unspecified atom stereocenters. The molecular weight excluding hydrogens is 532 g/mol. The van der Waals surface area contributed by atoms with Crippen molar-refractivity contribution in [2.24, 2.45) is 17.3 Å². The minimum absolute atomic E-state index is 0.0442. The number of ether oxygens (including phenoxy) is 2. The first kappa shape index (κ1) is 30.2. The molecule has 1 spiro atoms. The molecule has 0 bridgehead atoms. The molecule has 1 saturated heterocycles. The van der Waals surface area contributed by atoms with Crippen LogP contribution < -0.4 is 14.8 Å². The van der Waals surface area contributed by atoms with Crippen LogP contribution in [-0.4, -0.2) is 67.5 Å². The lowest BCUT2D eigenvalue weighted by atomic mass is 9.59. The minimum atomic E-state index is -3.65. The van der Waals surface area contributed by atoms with E-state index in [0.717, 1.165) is 31.9 Å². The van der Waals surface area contributed by atoms with E-state index in [-0.39, 0.29) is 29.3 Å². The van der Waals surface area contributed by atoms with Gasteiger partial charge in [-0.2, -0.15) is 15.2 Å². The second kappa shape index (κ2) is 12.4. The van der Waals surface area contributed by atoms with Gasteiger partial charge in [-0.25, -0.2) is 13.2 Å². The maximum Gasteiger partial charge on any atom is 0.410 e. The van der Waals surface area contributed by atoms with Gasteiger partial charge in [-0.1, -0.05) is 6.42 Å². The first-order valence-electron chi connectivity index (χ1n) is 14.5. The third kappa shape index (κ3) is 8.35. The predicted octanol–water partition coefficient (Wildman–Crippen LogP) is 4.91. The smallest absolute Gasteiger partial charge is 0.410 e.